The van der Waals surface area contributed by atoms with E-state index in [1.54, 1.807) is 0 Å². The van der Waals surface area contributed by atoms with Crippen LogP contribution in [-0.4, -0.2) is 54.5 Å². The summed E-state index contributed by atoms with van der Waals surface area (Å²) in [6.07, 6.45) is -2.44. The molecular weight excluding hydrogens is 192 g/mol. The molecular formula is C7H14N2O5. The van der Waals surface area contributed by atoms with Crippen LogP contribution in [0.3, 0.4) is 0 Å². The lowest BCUT2D eigenvalue weighted by Crippen LogP contribution is -2.44. The molecule has 0 aromatic carbocycles. The summed E-state index contributed by atoms with van der Waals surface area (Å²) in [7, 11) is 1.31. The number of ether oxygens (including phenoxy) is 1. The minimum absolute atomic E-state index is 0.00843. The summed E-state index contributed by atoms with van der Waals surface area (Å²) in [6.45, 7) is -0.375. The highest BCUT2D eigenvalue weighted by Crippen LogP contribution is 1.87. The van der Waals surface area contributed by atoms with Crippen LogP contribution in [0.15, 0.2) is 0 Å². The van der Waals surface area contributed by atoms with E-state index < -0.39 is 24.1 Å². The number of aliphatic hydroxyl groups excluding tert-OH is 1. The van der Waals surface area contributed by atoms with Gasteiger partial charge in [0, 0.05) is 13.7 Å². The number of nitrogens with two attached hydrogens (primary N) is 1. The molecule has 0 aliphatic heterocycles. The van der Waals surface area contributed by atoms with Crippen LogP contribution in [0.4, 0.5) is 0 Å². The third-order valence-electron chi connectivity index (χ3n) is 1.55. The molecule has 0 aliphatic rings. The molecule has 7 nitrogen and oxygen atoms in total. The fourth-order valence-corrected chi connectivity index (χ4v) is 0.709. The molecule has 14 heavy (non-hydrogen) atoms. The van der Waals surface area contributed by atoms with E-state index in [4.69, 9.17) is 15.9 Å². The van der Waals surface area contributed by atoms with Crippen LogP contribution in [0.25, 0.3) is 0 Å². The van der Waals surface area contributed by atoms with Gasteiger partial charge in [-0.3, -0.25) is 4.79 Å². The minimum Gasteiger partial charge on any atom is -0.479 e. The fourth-order valence-electron chi connectivity index (χ4n) is 0.709. The van der Waals surface area contributed by atoms with Crippen molar-refractivity contribution in [3.05, 3.63) is 0 Å². The highest BCUT2D eigenvalue weighted by molar-refractivity contribution is 5.82. The summed E-state index contributed by atoms with van der Waals surface area (Å²) < 4.78 is 4.69. The number of nitrogens with one attached hydrogen (secondary N) is 1. The Morgan fingerprint density at radius 1 is 1.57 bits per heavy atom. The van der Waals surface area contributed by atoms with E-state index in [0.29, 0.717) is 0 Å². The first-order chi connectivity index (χ1) is 6.52. The monoisotopic (exact) mass is 206 g/mol. The molecule has 1 amide bonds. The quantitative estimate of drug-likeness (QED) is 0.382. The molecule has 2 atom stereocenters. The third kappa shape index (κ3) is 4.17. The van der Waals surface area contributed by atoms with Crippen molar-refractivity contribution in [3.63, 3.8) is 0 Å². The maximum Gasteiger partial charge on any atom is 0.334 e. The predicted octanol–water partition coefficient (Wildman–Crippen LogP) is -2.48. The number of hydrogen-bond acceptors (Lipinski definition) is 5. The topological polar surface area (TPSA) is 122 Å². The van der Waals surface area contributed by atoms with E-state index in [1.165, 1.54) is 7.11 Å². The zero-order chi connectivity index (χ0) is 11.1. The fraction of sp³-hybridized carbons (Fsp3) is 0.714. The maximum absolute atomic E-state index is 11.1. The van der Waals surface area contributed by atoms with Gasteiger partial charge in [-0.15, -0.1) is 0 Å². The van der Waals surface area contributed by atoms with E-state index in [9.17, 15) is 9.59 Å². The molecule has 7 heteroatoms. The van der Waals surface area contributed by atoms with E-state index in [2.05, 4.69) is 10.1 Å². The van der Waals surface area contributed by atoms with Crippen molar-refractivity contribution in [2.75, 3.05) is 20.2 Å². The number of carboxylic acid groups (broad SMARTS) is 1. The van der Waals surface area contributed by atoms with E-state index in [-0.39, 0.29) is 13.1 Å². The maximum atomic E-state index is 11.1. The Bertz CT molecular complexity index is 204. The van der Waals surface area contributed by atoms with Crippen molar-refractivity contribution >= 4 is 11.9 Å². The third-order valence-corrected chi connectivity index (χ3v) is 1.55. The van der Waals surface area contributed by atoms with Gasteiger partial charge in [-0.05, 0) is 0 Å². The van der Waals surface area contributed by atoms with Crippen LogP contribution in [0, 0.1) is 0 Å². The van der Waals surface area contributed by atoms with Gasteiger partial charge in [0.05, 0.1) is 6.54 Å². The number of carbonyl (C=O) groups is 2. The zero-order valence-corrected chi connectivity index (χ0v) is 7.77. The number of carboxylic acids is 1. The summed E-state index contributed by atoms with van der Waals surface area (Å²) in [4.78, 5) is 21.3. The first kappa shape index (κ1) is 12.8. The molecule has 0 saturated heterocycles. The number of aliphatic carboxylic acids is 1. The Balaban J connectivity index is 3.89. The van der Waals surface area contributed by atoms with Crippen LogP contribution in [-0.2, 0) is 14.3 Å². The lowest BCUT2D eigenvalue weighted by atomic mass is 10.3. The molecule has 0 aliphatic carbocycles. The first-order valence-electron chi connectivity index (χ1n) is 3.94. The largest absolute Gasteiger partial charge is 0.479 e. The molecule has 0 aromatic heterocycles. The van der Waals surface area contributed by atoms with Gasteiger partial charge in [-0.2, -0.15) is 0 Å². The van der Waals surface area contributed by atoms with Gasteiger partial charge in [-0.25, -0.2) is 4.79 Å². The predicted molar refractivity (Wildman–Crippen MR) is 46.5 cm³/mol. The molecule has 0 rings (SSSR count). The number of carbonyl (C=O) groups excluding carboxylic acids is 1. The Hall–Kier alpha value is -1.18. The second-order valence-corrected chi connectivity index (χ2v) is 2.56. The second-order valence-electron chi connectivity index (χ2n) is 2.56. The van der Waals surface area contributed by atoms with Gasteiger partial charge >= 0.3 is 5.97 Å². The van der Waals surface area contributed by atoms with E-state index in [1.807, 2.05) is 0 Å². The molecule has 0 heterocycles. The van der Waals surface area contributed by atoms with Crippen LogP contribution in [0.1, 0.15) is 0 Å². The normalized spacial score (nSPS) is 14.5. The molecule has 0 radical (unpaired) electrons. The second kappa shape index (κ2) is 6.30. The van der Waals surface area contributed by atoms with Crippen molar-refractivity contribution < 1.29 is 24.5 Å². The summed E-state index contributed by atoms with van der Waals surface area (Å²) >= 11 is 0. The lowest BCUT2D eigenvalue weighted by Gasteiger charge is -2.13. The number of methoxy groups -OCH3 is 1. The molecule has 1 unspecified atom stereocenters. The van der Waals surface area contributed by atoms with Gasteiger partial charge in [-0.1, -0.05) is 0 Å². The number of amides is 1. The molecule has 0 aromatic rings. The van der Waals surface area contributed by atoms with Gasteiger partial charge in [0.1, 0.15) is 6.10 Å². The summed E-state index contributed by atoms with van der Waals surface area (Å²) in [5.41, 5.74) is 5.19. The highest BCUT2D eigenvalue weighted by Gasteiger charge is 2.19. The van der Waals surface area contributed by atoms with Crippen LogP contribution in [0.5, 0.6) is 0 Å². The van der Waals surface area contributed by atoms with Crippen molar-refractivity contribution in [1.29, 1.82) is 0 Å². The standard InChI is InChI=1S/C7H14N2O5/c1-14-5(2-8)6(11)9-3-4(10)7(12)13/h4-5,10H,2-3,8H2,1H3,(H,9,11)(H,12,13)/t4-,5?/m0/s1. The first-order valence-corrected chi connectivity index (χ1v) is 3.94. The Morgan fingerprint density at radius 3 is 2.50 bits per heavy atom. The van der Waals surface area contributed by atoms with Crippen molar-refractivity contribution in [3.8, 4) is 0 Å². The Labute approximate surface area is 80.8 Å². The SMILES string of the molecule is COC(CN)C(=O)NC[C@H](O)C(=O)O. The average Bonchev–Trinajstić information content (AvgIpc) is 2.15. The molecule has 82 valence electrons. The van der Waals surface area contributed by atoms with Gasteiger partial charge in [0.15, 0.2) is 6.10 Å². The Morgan fingerprint density at radius 2 is 2.14 bits per heavy atom. The lowest BCUT2D eigenvalue weighted by molar-refractivity contribution is -0.146. The molecule has 0 saturated carbocycles. The smallest absolute Gasteiger partial charge is 0.334 e. The molecule has 0 fully saturated rings. The number of hydrogen-bond donors (Lipinski definition) is 4. The van der Waals surface area contributed by atoms with Crippen molar-refractivity contribution in [2.45, 2.75) is 12.2 Å². The minimum atomic E-state index is -1.62. The van der Waals surface area contributed by atoms with Crippen LogP contribution >= 0.6 is 0 Å². The van der Waals surface area contributed by atoms with Gasteiger partial charge in [0.25, 0.3) is 5.91 Å². The number of rotatable bonds is 6. The summed E-state index contributed by atoms with van der Waals surface area (Å²) in [6, 6.07) is 0. The number of aliphatic hydroxyl groups is 1. The Kier molecular flexibility index (Phi) is 5.77. The van der Waals surface area contributed by atoms with Crippen LogP contribution < -0.4 is 11.1 Å². The molecule has 5 N–H and O–H groups in total. The highest BCUT2D eigenvalue weighted by atomic mass is 16.5. The summed E-state index contributed by atoms with van der Waals surface area (Å²) in [5, 5.41) is 19.3. The van der Waals surface area contributed by atoms with Crippen LogP contribution in [0.2, 0.25) is 0 Å². The van der Waals surface area contributed by atoms with Crippen molar-refractivity contribution in [1.82, 2.24) is 5.32 Å². The van der Waals surface area contributed by atoms with Crippen molar-refractivity contribution in [2.24, 2.45) is 5.73 Å². The average molecular weight is 206 g/mol. The molecule has 0 bridgehead atoms. The van der Waals surface area contributed by atoms with E-state index in [0.717, 1.165) is 0 Å². The van der Waals surface area contributed by atoms with Gasteiger partial charge < -0.3 is 26.0 Å². The summed E-state index contributed by atoms with van der Waals surface area (Å²) in [5.74, 6) is -1.94. The zero-order valence-electron chi connectivity index (χ0n) is 7.77. The molecule has 0 spiro atoms. The van der Waals surface area contributed by atoms with Gasteiger partial charge in [0.2, 0.25) is 0 Å². The van der Waals surface area contributed by atoms with E-state index >= 15 is 0 Å².